The zero-order valence-electron chi connectivity index (χ0n) is 7.51. The van der Waals surface area contributed by atoms with Gasteiger partial charge in [0.15, 0.2) is 5.78 Å². The lowest BCUT2D eigenvalue weighted by atomic mass is 10.1. The molecule has 0 aromatic heterocycles. The number of epoxide rings is 1. The van der Waals surface area contributed by atoms with Crippen LogP contribution in [0.4, 0.5) is 4.39 Å². The molecule has 2 rings (SSSR count). The quantitative estimate of drug-likeness (QED) is 0.559. The summed E-state index contributed by atoms with van der Waals surface area (Å²) in [6.07, 6.45) is -0.422. The highest BCUT2D eigenvalue weighted by Gasteiger charge is 2.33. The molecule has 1 atom stereocenters. The molecule has 1 aliphatic rings. The Balaban J connectivity index is 2.41. The van der Waals surface area contributed by atoms with Gasteiger partial charge in [0.25, 0.3) is 0 Å². The second-order valence-corrected chi connectivity index (χ2v) is 3.67. The van der Waals surface area contributed by atoms with Crippen LogP contribution in [0.3, 0.4) is 0 Å². The Hall–Kier alpha value is -0.930. The van der Waals surface area contributed by atoms with E-state index in [2.05, 4.69) is 0 Å². The van der Waals surface area contributed by atoms with Crippen molar-refractivity contribution in [2.24, 2.45) is 0 Å². The highest BCUT2D eigenvalue weighted by atomic mass is 35.5. The molecule has 14 heavy (non-hydrogen) atoms. The van der Waals surface area contributed by atoms with Crippen molar-refractivity contribution in [3.05, 3.63) is 34.1 Å². The normalized spacial score (nSPS) is 19.5. The fourth-order valence-electron chi connectivity index (χ4n) is 1.21. The maximum absolute atomic E-state index is 13.2. The van der Waals surface area contributed by atoms with E-state index in [9.17, 15) is 9.18 Å². The predicted octanol–water partition coefficient (Wildman–Crippen LogP) is 2.37. The largest absolute Gasteiger partial charge is 0.364 e. The van der Waals surface area contributed by atoms with Crippen molar-refractivity contribution in [1.29, 1.82) is 0 Å². The van der Waals surface area contributed by atoms with Crippen LogP contribution in [-0.2, 0) is 4.74 Å². The molecule has 0 N–H and O–H groups in total. The van der Waals surface area contributed by atoms with Gasteiger partial charge in [-0.15, -0.1) is 0 Å². The van der Waals surface area contributed by atoms with E-state index in [1.807, 2.05) is 0 Å². The Morgan fingerprint density at radius 1 is 1.64 bits per heavy atom. The molecular weight excluding hydrogens is 207 g/mol. The van der Waals surface area contributed by atoms with Gasteiger partial charge in [-0.25, -0.2) is 4.39 Å². The first-order valence-corrected chi connectivity index (χ1v) is 4.59. The summed E-state index contributed by atoms with van der Waals surface area (Å²) in [5.74, 6) is -0.660. The van der Waals surface area contributed by atoms with Crippen LogP contribution in [0.5, 0.6) is 0 Å². The van der Waals surface area contributed by atoms with Gasteiger partial charge in [-0.3, -0.25) is 4.79 Å². The predicted molar refractivity (Wildman–Crippen MR) is 50.2 cm³/mol. The van der Waals surface area contributed by atoms with Crippen LogP contribution >= 0.6 is 11.6 Å². The van der Waals surface area contributed by atoms with Crippen LogP contribution in [0, 0.1) is 12.7 Å². The van der Waals surface area contributed by atoms with Crippen molar-refractivity contribution in [2.75, 3.05) is 6.61 Å². The Morgan fingerprint density at radius 3 is 2.86 bits per heavy atom. The first-order chi connectivity index (χ1) is 6.59. The average Bonchev–Trinajstić information content (AvgIpc) is 2.93. The molecule has 1 fully saturated rings. The van der Waals surface area contributed by atoms with Crippen molar-refractivity contribution in [1.82, 2.24) is 0 Å². The molecule has 0 aliphatic carbocycles. The molecule has 0 bridgehead atoms. The lowest BCUT2D eigenvalue weighted by Crippen LogP contribution is -2.08. The van der Waals surface area contributed by atoms with E-state index in [1.165, 1.54) is 12.1 Å². The number of halogens is 2. The highest BCUT2D eigenvalue weighted by molar-refractivity contribution is 6.34. The minimum Gasteiger partial charge on any atom is -0.364 e. The van der Waals surface area contributed by atoms with Crippen molar-refractivity contribution in [3.8, 4) is 0 Å². The monoisotopic (exact) mass is 214 g/mol. The molecule has 0 amide bonds. The standard InChI is InChI=1S/C10H8ClFO2/c1-5-2-7(11)6(3-8(5)12)10(13)9-4-14-9/h2-3,9H,4H2,1H3. The number of aryl methyl sites for hydroxylation is 1. The van der Waals surface area contributed by atoms with Gasteiger partial charge in [-0.05, 0) is 24.6 Å². The van der Waals surface area contributed by atoms with Crippen LogP contribution in [0.25, 0.3) is 0 Å². The number of benzene rings is 1. The molecule has 2 nitrogen and oxygen atoms in total. The van der Waals surface area contributed by atoms with E-state index in [0.717, 1.165) is 0 Å². The number of ether oxygens (including phenoxy) is 1. The first kappa shape index (κ1) is 9.62. The van der Waals surface area contributed by atoms with Crippen LogP contribution in [0.2, 0.25) is 5.02 Å². The van der Waals surface area contributed by atoms with Gasteiger partial charge >= 0.3 is 0 Å². The fourth-order valence-corrected chi connectivity index (χ4v) is 1.52. The van der Waals surface area contributed by atoms with Gasteiger partial charge in [-0.2, -0.15) is 0 Å². The van der Waals surface area contributed by atoms with Gasteiger partial charge in [0, 0.05) is 5.56 Å². The van der Waals surface area contributed by atoms with E-state index in [1.54, 1.807) is 6.92 Å². The summed E-state index contributed by atoms with van der Waals surface area (Å²) in [6.45, 7) is 2.01. The van der Waals surface area contributed by atoms with Crippen LogP contribution in [-0.4, -0.2) is 18.5 Å². The molecule has 0 spiro atoms. The molecule has 1 aromatic rings. The summed E-state index contributed by atoms with van der Waals surface area (Å²) >= 11 is 5.83. The summed E-state index contributed by atoms with van der Waals surface area (Å²) in [5.41, 5.74) is 0.639. The van der Waals surface area contributed by atoms with E-state index in [4.69, 9.17) is 16.3 Å². The number of hydrogen-bond donors (Lipinski definition) is 0. The minimum atomic E-state index is -0.422. The highest BCUT2D eigenvalue weighted by Crippen LogP contribution is 2.25. The third-order valence-corrected chi connectivity index (χ3v) is 2.45. The van der Waals surface area contributed by atoms with Gasteiger partial charge < -0.3 is 4.74 Å². The summed E-state index contributed by atoms with van der Waals surface area (Å²) < 4.78 is 18.0. The lowest BCUT2D eigenvalue weighted by molar-refractivity contribution is 0.0953. The molecule has 4 heteroatoms. The Morgan fingerprint density at radius 2 is 2.29 bits per heavy atom. The zero-order valence-corrected chi connectivity index (χ0v) is 8.27. The van der Waals surface area contributed by atoms with Crippen LogP contribution in [0.1, 0.15) is 15.9 Å². The second kappa shape index (κ2) is 3.33. The topological polar surface area (TPSA) is 29.6 Å². The smallest absolute Gasteiger partial charge is 0.195 e. The maximum Gasteiger partial charge on any atom is 0.195 e. The maximum atomic E-state index is 13.2. The molecule has 1 saturated heterocycles. The van der Waals surface area contributed by atoms with Crippen molar-refractivity contribution >= 4 is 17.4 Å². The van der Waals surface area contributed by atoms with E-state index in [0.29, 0.717) is 12.2 Å². The summed E-state index contributed by atoms with van der Waals surface area (Å²) in [5, 5.41) is 0.282. The van der Waals surface area contributed by atoms with E-state index >= 15 is 0 Å². The third kappa shape index (κ3) is 1.65. The second-order valence-electron chi connectivity index (χ2n) is 3.27. The number of carbonyl (C=O) groups is 1. The van der Waals surface area contributed by atoms with E-state index in [-0.39, 0.29) is 16.4 Å². The Labute approximate surface area is 85.6 Å². The van der Waals surface area contributed by atoms with E-state index < -0.39 is 11.9 Å². The van der Waals surface area contributed by atoms with Crippen molar-refractivity contribution < 1.29 is 13.9 Å². The number of Topliss-reactive ketones (excluding diaryl/α,β-unsaturated/α-hetero) is 1. The summed E-state index contributed by atoms with van der Waals surface area (Å²) in [7, 11) is 0. The molecule has 1 aliphatic heterocycles. The molecule has 0 saturated carbocycles. The summed E-state index contributed by atoms with van der Waals surface area (Å²) in [6, 6.07) is 2.62. The van der Waals surface area contributed by atoms with Crippen molar-refractivity contribution in [2.45, 2.75) is 13.0 Å². The number of rotatable bonds is 2. The minimum absolute atomic E-state index is 0.206. The molecule has 1 aromatic carbocycles. The number of ketones is 1. The average molecular weight is 215 g/mol. The van der Waals surface area contributed by atoms with Gasteiger partial charge in [0.1, 0.15) is 11.9 Å². The number of carbonyl (C=O) groups excluding carboxylic acids is 1. The van der Waals surface area contributed by atoms with Gasteiger partial charge in [0.05, 0.1) is 11.6 Å². The summed E-state index contributed by atoms with van der Waals surface area (Å²) in [4.78, 5) is 11.5. The Kier molecular flexibility index (Phi) is 2.29. The fraction of sp³-hybridized carbons (Fsp3) is 0.300. The zero-order chi connectivity index (χ0) is 10.3. The molecule has 1 unspecified atom stereocenters. The Bertz CT molecular complexity index is 399. The number of hydrogen-bond acceptors (Lipinski definition) is 2. The third-order valence-electron chi connectivity index (χ3n) is 2.14. The van der Waals surface area contributed by atoms with Crippen LogP contribution in [0.15, 0.2) is 12.1 Å². The molecule has 1 heterocycles. The van der Waals surface area contributed by atoms with Gasteiger partial charge in [-0.1, -0.05) is 11.6 Å². The lowest BCUT2D eigenvalue weighted by Gasteiger charge is -2.03. The molecular formula is C10H8ClFO2. The SMILES string of the molecule is Cc1cc(Cl)c(C(=O)C2CO2)cc1F. The molecule has 0 radical (unpaired) electrons. The molecule has 74 valence electrons. The first-order valence-electron chi connectivity index (χ1n) is 4.21. The van der Waals surface area contributed by atoms with Crippen LogP contribution < -0.4 is 0 Å². The van der Waals surface area contributed by atoms with Crippen molar-refractivity contribution in [3.63, 3.8) is 0 Å². The van der Waals surface area contributed by atoms with Gasteiger partial charge in [0.2, 0.25) is 0 Å².